The van der Waals surface area contributed by atoms with Crippen molar-refractivity contribution in [2.45, 2.75) is 0 Å². The third kappa shape index (κ3) is 3.79. The van der Waals surface area contributed by atoms with E-state index in [-0.39, 0.29) is 6.03 Å². The molecule has 0 saturated carbocycles. The molecule has 158 valence electrons. The number of halogens is 1. The second-order valence-electron chi connectivity index (χ2n) is 7.47. The van der Waals surface area contributed by atoms with E-state index >= 15 is 0 Å². The molecular weight excluding hydrogens is 458 g/mol. The van der Waals surface area contributed by atoms with E-state index in [1.807, 2.05) is 47.4 Å². The maximum atomic E-state index is 12.7. The van der Waals surface area contributed by atoms with Crippen molar-refractivity contribution in [3.8, 4) is 5.75 Å². The predicted molar refractivity (Wildman–Crippen MR) is 126 cm³/mol. The summed E-state index contributed by atoms with van der Waals surface area (Å²) in [5, 5.41) is 2.96. The van der Waals surface area contributed by atoms with E-state index < -0.39 is 0 Å². The number of carbonyl (C=O) groups is 1. The maximum Gasteiger partial charge on any atom is 0.321 e. The molecule has 2 aromatic heterocycles. The number of piperazine rings is 1. The fraction of sp³-hybridized carbons (Fsp3) is 0.217. The van der Waals surface area contributed by atoms with Crippen LogP contribution in [-0.4, -0.2) is 53.6 Å². The number of hydrogen-bond acceptors (Lipinski definition) is 4. The Morgan fingerprint density at radius 2 is 1.87 bits per heavy atom. The Morgan fingerprint density at radius 1 is 1.03 bits per heavy atom. The average molecular weight is 480 g/mol. The Balaban J connectivity index is 1.33. The zero-order valence-corrected chi connectivity index (χ0v) is 18.7. The summed E-state index contributed by atoms with van der Waals surface area (Å²) in [4.78, 5) is 21.8. The first-order valence-electron chi connectivity index (χ1n) is 10.1. The summed E-state index contributed by atoms with van der Waals surface area (Å²) in [6.45, 7) is 2.69. The van der Waals surface area contributed by atoms with E-state index in [4.69, 9.17) is 9.72 Å². The van der Waals surface area contributed by atoms with Crippen molar-refractivity contribution in [3.63, 3.8) is 0 Å². The van der Waals surface area contributed by atoms with Gasteiger partial charge in [-0.1, -0.05) is 22.0 Å². The van der Waals surface area contributed by atoms with Crippen molar-refractivity contribution in [2.24, 2.45) is 0 Å². The number of urea groups is 1. The summed E-state index contributed by atoms with van der Waals surface area (Å²) < 4.78 is 8.40. The van der Waals surface area contributed by atoms with Crippen LogP contribution >= 0.6 is 15.9 Å². The number of rotatable bonds is 3. The minimum Gasteiger partial charge on any atom is -0.497 e. The van der Waals surface area contributed by atoms with Crippen LogP contribution in [0.4, 0.5) is 16.3 Å². The van der Waals surface area contributed by atoms with Crippen LogP contribution in [0.2, 0.25) is 0 Å². The lowest BCUT2D eigenvalue weighted by atomic mass is 10.2. The molecule has 1 fully saturated rings. The van der Waals surface area contributed by atoms with Crippen molar-refractivity contribution in [1.82, 2.24) is 14.3 Å². The van der Waals surface area contributed by atoms with Crippen LogP contribution in [0.3, 0.4) is 0 Å². The Hall–Kier alpha value is -3.26. The van der Waals surface area contributed by atoms with Gasteiger partial charge in [0.1, 0.15) is 5.75 Å². The molecule has 8 heteroatoms. The molecule has 1 aliphatic heterocycles. The lowest BCUT2D eigenvalue weighted by Crippen LogP contribution is -2.50. The molecule has 2 aromatic carbocycles. The molecule has 5 rings (SSSR count). The van der Waals surface area contributed by atoms with Gasteiger partial charge in [0.15, 0.2) is 5.82 Å². The number of nitrogens with one attached hydrogen (secondary N) is 1. The van der Waals surface area contributed by atoms with Gasteiger partial charge in [0.25, 0.3) is 0 Å². The largest absolute Gasteiger partial charge is 0.497 e. The number of hydrogen-bond donors (Lipinski definition) is 1. The van der Waals surface area contributed by atoms with Gasteiger partial charge in [-0.05, 0) is 42.5 Å². The molecule has 3 heterocycles. The number of aromatic nitrogens is 2. The average Bonchev–Trinajstić information content (AvgIpc) is 3.28. The van der Waals surface area contributed by atoms with E-state index in [0.29, 0.717) is 18.8 Å². The van der Waals surface area contributed by atoms with Crippen LogP contribution in [0, 0.1) is 0 Å². The zero-order chi connectivity index (χ0) is 21.4. The molecule has 1 N–H and O–H groups in total. The van der Waals surface area contributed by atoms with Crippen molar-refractivity contribution in [2.75, 3.05) is 43.5 Å². The highest BCUT2D eigenvalue weighted by Crippen LogP contribution is 2.28. The fourth-order valence-electron chi connectivity index (χ4n) is 3.99. The predicted octanol–water partition coefficient (Wildman–Crippen LogP) is 4.61. The van der Waals surface area contributed by atoms with Gasteiger partial charge < -0.3 is 24.3 Å². The molecule has 2 amide bonds. The van der Waals surface area contributed by atoms with E-state index in [1.54, 1.807) is 7.11 Å². The SMILES string of the molecule is COc1cccc(NC(=O)N2CCN(c3nc4cc(Br)ccc4n4cccc34)CC2)c1. The molecular formula is C23H22BrN5O2. The number of nitrogens with zero attached hydrogens (tertiary/aromatic N) is 4. The molecule has 31 heavy (non-hydrogen) atoms. The highest BCUT2D eigenvalue weighted by Gasteiger charge is 2.24. The number of anilines is 2. The van der Waals surface area contributed by atoms with Crippen LogP contribution in [0.5, 0.6) is 5.75 Å². The first-order valence-corrected chi connectivity index (χ1v) is 10.9. The molecule has 1 saturated heterocycles. The van der Waals surface area contributed by atoms with Crippen LogP contribution in [0.1, 0.15) is 0 Å². The summed E-state index contributed by atoms with van der Waals surface area (Å²) in [6, 6.07) is 17.6. The Labute approximate surface area is 188 Å². The highest BCUT2D eigenvalue weighted by molar-refractivity contribution is 9.10. The summed E-state index contributed by atoms with van der Waals surface area (Å²) in [5.74, 6) is 1.66. The summed E-state index contributed by atoms with van der Waals surface area (Å²) >= 11 is 3.55. The summed E-state index contributed by atoms with van der Waals surface area (Å²) in [6.07, 6.45) is 2.06. The van der Waals surface area contributed by atoms with Crippen molar-refractivity contribution in [1.29, 1.82) is 0 Å². The molecule has 0 atom stereocenters. The summed E-state index contributed by atoms with van der Waals surface area (Å²) in [7, 11) is 1.61. The molecule has 4 aromatic rings. The van der Waals surface area contributed by atoms with Crippen molar-refractivity contribution >= 4 is 50.0 Å². The monoisotopic (exact) mass is 479 g/mol. The van der Waals surface area contributed by atoms with Gasteiger partial charge in [0, 0.05) is 48.6 Å². The number of carbonyl (C=O) groups excluding carboxylic acids is 1. The third-order valence-corrected chi connectivity index (χ3v) is 6.08. The van der Waals surface area contributed by atoms with Gasteiger partial charge in [0.05, 0.1) is 23.7 Å². The van der Waals surface area contributed by atoms with E-state index in [0.717, 1.165) is 45.6 Å². The minimum atomic E-state index is -0.101. The first kappa shape index (κ1) is 19.7. The fourth-order valence-corrected chi connectivity index (χ4v) is 4.34. The quantitative estimate of drug-likeness (QED) is 0.465. The second-order valence-corrected chi connectivity index (χ2v) is 8.38. The van der Waals surface area contributed by atoms with E-state index in [1.165, 1.54) is 0 Å². The Kier molecular flexibility index (Phi) is 5.15. The Morgan fingerprint density at radius 3 is 2.68 bits per heavy atom. The standard InChI is InChI=1S/C23H22BrN5O2/c1-31-18-5-2-4-17(15-18)25-23(30)28-12-10-27(11-13-28)22-21-6-3-9-29(21)20-8-7-16(24)14-19(20)26-22/h2-9,14-15H,10-13H2,1H3,(H,25,30). The van der Waals surface area contributed by atoms with Crippen LogP contribution in [0.15, 0.2) is 65.3 Å². The molecule has 1 aliphatic rings. The van der Waals surface area contributed by atoms with Gasteiger partial charge in [0.2, 0.25) is 0 Å². The van der Waals surface area contributed by atoms with Gasteiger partial charge >= 0.3 is 6.03 Å². The number of benzene rings is 2. The van der Waals surface area contributed by atoms with Crippen molar-refractivity contribution < 1.29 is 9.53 Å². The number of fused-ring (bicyclic) bond motifs is 3. The molecule has 0 radical (unpaired) electrons. The lowest BCUT2D eigenvalue weighted by molar-refractivity contribution is 0.208. The normalized spacial score (nSPS) is 14.3. The lowest BCUT2D eigenvalue weighted by Gasteiger charge is -2.35. The maximum absolute atomic E-state index is 12.7. The van der Waals surface area contributed by atoms with Crippen LogP contribution in [0.25, 0.3) is 16.6 Å². The summed E-state index contributed by atoms with van der Waals surface area (Å²) in [5.41, 5.74) is 3.81. The van der Waals surface area contributed by atoms with Gasteiger partial charge in [-0.3, -0.25) is 0 Å². The van der Waals surface area contributed by atoms with Crippen molar-refractivity contribution in [3.05, 3.63) is 65.3 Å². The molecule has 7 nitrogen and oxygen atoms in total. The molecule has 0 aliphatic carbocycles. The number of ether oxygens (including phenoxy) is 1. The first-order chi connectivity index (χ1) is 15.1. The van der Waals surface area contributed by atoms with Gasteiger partial charge in [-0.15, -0.1) is 0 Å². The topological polar surface area (TPSA) is 62.1 Å². The Bertz CT molecular complexity index is 1260. The minimum absolute atomic E-state index is 0.101. The third-order valence-electron chi connectivity index (χ3n) is 5.59. The number of methoxy groups -OCH3 is 1. The zero-order valence-electron chi connectivity index (χ0n) is 17.1. The number of amides is 2. The molecule has 0 bridgehead atoms. The molecule has 0 unspecified atom stereocenters. The highest BCUT2D eigenvalue weighted by atomic mass is 79.9. The van der Waals surface area contributed by atoms with E-state index in [2.05, 4.69) is 48.9 Å². The van der Waals surface area contributed by atoms with Crippen LogP contribution < -0.4 is 15.0 Å². The van der Waals surface area contributed by atoms with Gasteiger partial charge in [-0.2, -0.15) is 0 Å². The molecule has 0 spiro atoms. The smallest absolute Gasteiger partial charge is 0.321 e. The van der Waals surface area contributed by atoms with E-state index in [9.17, 15) is 4.79 Å². The van der Waals surface area contributed by atoms with Gasteiger partial charge in [-0.25, -0.2) is 9.78 Å². The second kappa shape index (κ2) is 8.11. The van der Waals surface area contributed by atoms with Crippen LogP contribution in [-0.2, 0) is 0 Å².